The highest BCUT2D eigenvalue weighted by atomic mass is 16.6. The summed E-state index contributed by atoms with van der Waals surface area (Å²) in [5, 5.41) is 0. The predicted octanol–water partition coefficient (Wildman–Crippen LogP) is 2.96. The highest BCUT2D eigenvalue weighted by Gasteiger charge is 2.25. The topological polar surface area (TPSA) is 48.7 Å². The molecule has 2 aromatic rings. The number of ether oxygens (including phenoxy) is 2. The van der Waals surface area contributed by atoms with E-state index in [1.165, 1.54) is 12.5 Å². The second-order valence-corrected chi connectivity index (χ2v) is 4.08. The third kappa shape index (κ3) is 1.97. The molecule has 1 aliphatic rings. The first-order valence-electron chi connectivity index (χ1n) is 5.79. The largest absolute Gasteiger partial charge is 0.493 e. The van der Waals surface area contributed by atoms with Crippen molar-refractivity contribution in [2.45, 2.75) is 12.5 Å². The molecule has 4 heteroatoms. The van der Waals surface area contributed by atoms with Crippen molar-refractivity contribution in [2.75, 3.05) is 6.61 Å². The highest BCUT2D eigenvalue weighted by molar-refractivity contribution is 5.89. The summed E-state index contributed by atoms with van der Waals surface area (Å²) in [6.45, 7) is 0.556. The summed E-state index contributed by atoms with van der Waals surface area (Å²) in [6.07, 6.45) is 3.25. The number of hydrogen-bond acceptors (Lipinski definition) is 4. The lowest BCUT2D eigenvalue weighted by atomic mass is 10.0. The number of rotatable bonds is 2. The molecule has 1 aliphatic heterocycles. The zero-order valence-electron chi connectivity index (χ0n) is 9.67. The van der Waals surface area contributed by atoms with Crippen LogP contribution in [0, 0.1) is 0 Å². The van der Waals surface area contributed by atoms with E-state index in [2.05, 4.69) is 0 Å². The number of benzene rings is 1. The van der Waals surface area contributed by atoms with E-state index in [4.69, 9.17) is 13.9 Å². The van der Waals surface area contributed by atoms with Gasteiger partial charge >= 0.3 is 5.97 Å². The molecule has 18 heavy (non-hydrogen) atoms. The van der Waals surface area contributed by atoms with Crippen LogP contribution in [0.4, 0.5) is 0 Å². The fraction of sp³-hybridized carbons (Fsp3) is 0.214. The Morgan fingerprint density at radius 3 is 3.00 bits per heavy atom. The van der Waals surface area contributed by atoms with Crippen molar-refractivity contribution in [3.8, 4) is 5.75 Å². The van der Waals surface area contributed by atoms with Gasteiger partial charge in [0.25, 0.3) is 0 Å². The third-order valence-corrected chi connectivity index (χ3v) is 2.91. The molecule has 2 heterocycles. The average Bonchev–Trinajstić information content (AvgIpc) is 2.93. The van der Waals surface area contributed by atoms with Crippen LogP contribution in [0.5, 0.6) is 5.75 Å². The molecule has 0 fully saturated rings. The monoisotopic (exact) mass is 244 g/mol. The molecule has 0 radical (unpaired) electrons. The fourth-order valence-corrected chi connectivity index (χ4v) is 2.01. The van der Waals surface area contributed by atoms with Crippen molar-refractivity contribution in [3.05, 3.63) is 54.0 Å². The summed E-state index contributed by atoms with van der Waals surface area (Å²) in [4.78, 5) is 11.9. The van der Waals surface area contributed by atoms with E-state index in [-0.39, 0.29) is 12.1 Å². The van der Waals surface area contributed by atoms with Crippen molar-refractivity contribution < 1.29 is 18.7 Å². The lowest BCUT2D eigenvalue weighted by Crippen LogP contribution is -2.19. The Labute approximate surface area is 104 Å². The maximum Gasteiger partial charge on any atom is 0.342 e. The Morgan fingerprint density at radius 2 is 2.17 bits per heavy atom. The van der Waals surface area contributed by atoms with Gasteiger partial charge in [0, 0.05) is 12.0 Å². The van der Waals surface area contributed by atoms with Crippen molar-refractivity contribution in [1.82, 2.24) is 0 Å². The Hall–Kier alpha value is -2.23. The molecular formula is C14H12O4. The molecule has 4 nitrogen and oxygen atoms in total. The predicted molar refractivity (Wildman–Crippen MR) is 63.4 cm³/mol. The third-order valence-electron chi connectivity index (χ3n) is 2.91. The average molecular weight is 244 g/mol. The number of carbonyl (C=O) groups excluding carboxylic acids is 1. The van der Waals surface area contributed by atoms with Crippen LogP contribution in [0.1, 0.15) is 28.4 Å². The minimum atomic E-state index is -0.370. The zero-order chi connectivity index (χ0) is 12.4. The van der Waals surface area contributed by atoms with Crippen LogP contribution in [0.2, 0.25) is 0 Å². The molecule has 1 aromatic carbocycles. The second-order valence-electron chi connectivity index (χ2n) is 4.08. The number of hydrogen-bond donors (Lipinski definition) is 0. The molecule has 92 valence electrons. The van der Waals surface area contributed by atoms with Crippen molar-refractivity contribution >= 4 is 5.97 Å². The Morgan fingerprint density at radius 1 is 1.28 bits per heavy atom. The summed E-state index contributed by atoms with van der Waals surface area (Å²) in [5.74, 6) is 0.416. The normalized spacial score (nSPS) is 17.7. The van der Waals surface area contributed by atoms with Gasteiger partial charge in [0.15, 0.2) is 0 Å². The SMILES string of the molecule is O=C(OC1CCOc2ccccc21)c1ccoc1. The molecule has 0 N–H and O–H groups in total. The van der Waals surface area contributed by atoms with Crippen LogP contribution in [0.15, 0.2) is 47.3 Å². The van der Waals surface area contributed by atoms with Crippen LogP contribution in [-0.4, -0.2) is 12.6 Å². The van der Waals surface area contributed by atoms with E-state index in [1.54, 1.807) is 6.07 Å². The molecule has 0 amide bonds. The number of carbonyl (C=O) groups is 1. The molecule has 1 aromatic heterocycles. The Kier molecular flexibility index (Phi) is 2.76. The van der Waals surface area contributed by atoms with Crippen molar-refractivity contribution in [3.63, 3.8) is 0 Å². The van der Waals surface area contributed by atoms with Gasteiger partial charge in [-0.2, -0.15) is 0 Å². The zero-order valence-corrected chi connectivity index (χ0v) is 9.67. The second kappa shape index (κ2) is 4.56. The molecule has 0 aliphatic carbocycles. The van der Waals surface area contributed by atoms with E-state index in [9.17, 15) is 4.79 Å². The van der Waals surface area contributed by atoms with Crippen LogP contribution >= 0.6 is 0 Å². The molecule has 0 saturated heterocycles. The maximum atomic E-state index is 11.9. The van der Waals surface area contributed by atoms with Gasteiger partial charge in [-0.1, -0.05) is 18.2 Å². The highest BCUT2D eigenvalue weighted by Crippen LogP contribution is 2.34. The van der Waals surface area contributed by atoms with Crippen LogP contribution in [0.3, 0.4) is 0 Å². The molecule has 1 unspecified atom stereocenters. The summed E-state index contributed by atoms with van der Waals surface area (Å²) in [6, 6.07) is 9.20. The van der Waals surface area contributed by atoms with Gasteiger partial charge in [-0.3, -0.25) is 0 Å². The lowest BCUT2D eigenvalue weighted by molar-refractivity contribution is 0.0192. The van der Waals surface area contributed by atoms with Gasteiger partial charge in [0.1, 0.15) is 18.1 Å². The van der Waals surface area contributed by atoms with Gasteiger partial charge in [-0.05, 0) is 12.1 Å². The molecule has 0 saturated carbocycles. The fourth-order valence-electron chi connectivity index (χ4n) is 2.01. The quantitative estimate of drug-likeness (QED) is 0.762. The molecule has 1 atom stereocenters. The maximum absolute atomic E-state index is 11.9. The minimum Gasteiger partial charge on any atom is -0.493 e. The smallest absolute Gasteiger partial charge is 0.342 e. The lowest BCUT2D eigenvalue weighted by Gasteiger charge is -2.25. The van der Waals surface area contributed by atoms with Crippen LogP contribution in [-0.2, 0) is 4.74 Å². The number of para-hydroxylation sites is 1. The number of fused-ring (bicyclic) bond motifs is 1. The van der Waals surface area contributed by atoms with E-state index in [1.807, 2.05) is 24.3 Å². The van der Waals surface area contributed by atoms with E-state index < -0.39 is 0 Å². The minimum absolute atomic E-state index is 0.252. The summed E-state index contributed by atoms with van der Waals surface area (Å²) in [7, 11) is 0. The summed E-state index contributed by atoms with van der Waals surface area (Å²) >= 11 is 0. The van der Waals surface area contributed by atoms with Crippen LogP contribution in [0.25, 0.3) is 0 Å². The molecule has 3 rings (SSSR count). The molecule has 0 spiro atoms. The van der Waals surface area contributed by atoms with Crippen molar-refractivity contribution in [1.29, 1.82) is 0 Å². The first kappa shape index (κ1) is 10.9. The van der Waals surface area contributed by atoms with E-state index in [0.29, 0.717) is 18.6 Å². The Balaban J connectivity index is 1.80. The Bertz CT molecular complexity index is 545. The molecular weight excluding hydrogens is 232 g/mol. The summed E-state index contributed by atoms with van der Waals surface area (Å²) in [5.41, 5.74) is 1.35. The van der Waals surface area contributed by atoms with Gasteiger partial charge in [-0.25, -0.2) is 4.79 Å². The van der Waals surface area contributed by atoms with Crippen LogP contribution < -0.4 is 4.74 Å². The first-order chi connectivity index (χ1) is 8.84. The molecule has 0 bridgehead atoms. The standard InChI is InChI=1S/C14H12O4/c15-14(10-5-7-16-9-10)18-13-6-8-17-12-4-2-1-3-11(12)13/h1-5,7,9,13H,6,8H2. The van der Waals surface area contributed by atoms with Crippen molar-refractivity contribution in [2.24, 2.45) is 0 Å². The van der Waals surface area contributed by atoms with Gasteiger partial charge < -0.3 is 13.9 Å². The first-order valence-corrected chi connectivity index (χ1v) is 5.79. The van der Waals surface area contributed by atoms with E-state index in [0.717, 1.165) is 11.3 Å². The number of furan rings is 1. The van der Waals surface area contributed by atoms with E-state index >= 15 is 0 Å². The van der Waals surface area contributed by atoms with Gasteiger partial charge in [0.05, 0.1) is 18.4 Å². The van der Waals surface area contributed by atoms with Gasteiger partial charge in [0.2, 0.25) is 0 Å². The number of esters is 1. The summed E-state index contributed by atoms with van der Waals surface area (Å²) < 4.78 is 15.9. The van der Waals surface area contributed by atoms with Gasteiger partial charge in [-0.15, -0.1) is 0 Å².